The van der Waals surface area contributed by atoms with E-state index in [9.17, 15) is 33.2 Å². The number of aliphatic hydroxyl groups is 1. The van der Waals surface area contributed by atoms with Gasteiger partial charge in [0.25, 0.3) is 5.69 Å². The molecule has 0 spiro atoms. The number of aromatic nitrogens is 3. The van der Waals surface area contributed by atoms with Crippen molar-refractivity contribution < 1.29 is 32.7 Å². The molecule has 0 radical (unpaired) electrons. The third kappa shape index (κ3) is 5.05. The number of hydrogen-bond donors (Lipinski definition) is 1. The van der Waals surface area contributed by atoms with Crippen LogP contribution in [0.2, 0.25) is 0 Å². The smallest absolute Gasteiger partial charge is 0.422 e. The molecule has 0 fully saturated rings. The number of imidazole rings is 1. The van der Waals surface area contributed by atoms with Crippen molar-refractivity contribution in [3.63, 3.8) is 0 Å². The molecule has 1 aliphatic heterocycles. The van der Waals surface area contributed by atoms with Gasteiger partial charge in [0.15, 0.2) is 5.69 Å². The van der Waals surface area contributed by atoms with Crippen molar-refractivity contribution in [3.05, 3.63) is 93.7 Å². The number of nitro benzene ring substituents is 1. The number of alkyl halides is 3. The third-order valence-electron chi connectivity index (χ3n) is 7.01. The zero-order valence-electron chi connectivity index (χ0n) is 21.5. The molecule has 10 nitrogen and oxygen atoms in total. The van der Waals surface area contributed by atoms with Crippen molar-refractivity contribution >= 4 is 22.6 Å². The van der Waals surface area contributed by atoms with Gasteiger partial charge in [-0.2, -0.15) is 13.2 Å². The first-order valence-corrected chi connectivity index (χ1v) is 12.6. The number of hydrogen-bond acceptors (Lipinski definition) is 7. The highest BCUT2D eigenvalue weighted by molar-refractivity contribution is 5.87. The summed E-state index contributed by atoms with van der Waals surface area (Å²) < 4.78 is 52.3. The fourth-order valence-electron chi connectivity index (χ4n) is 5.03. The number of nitrogens with zero attached hydrogens (tertiary/aromatic N) is 5. The van der Waals surface area contributed by atoms with Crippen LogP contribution in [0.4, 0.5) is 18.9 Å². The minimum atomic E-state index is -5.08. The first-order valence-electron chi connectivity index (χ1n) is 12.6. The van der Waals surface area contributed by atoms with Crippen LogP contribution in [0.5, 0.6) is 0 Å². The standard InChI is InChI=1S/C27H26F3N5O5/c1-2-40-25(36)22-15-33-11-10-32(16-24(33)31-22)17-26(37,27(28,29)30)21-14-34(13-18-6-4-3-5-7-18)23-12-19(35(38)39)8-9-20(21)23/h3-9,12,14-15,37H,2,10-11,13,16-17H2,1H3. The lowest BCUT2D eigenvalue weighted by molar-refractivity contribution is -0.384. The van der Waals surface area contributed by atoms with Crippen molar-refractivity contribution in [3.8, 4) is 0 Å². The summed E-state index contributed by atoms with van der Waals surface area (Å²) >= 11 is 0. The number of nitro groups is 1. The molecule has 1 unspecified atom stereocenters. The zero-order chi connectivity index (χ0) is 28.7. The molecule has 0 saturated heterocycles. The summed E-state index contributed by atoms with van der Waals surface area (Å²) in [4.78, 5) is 28.6. The van der Waals surface area contributed by atoms with Crippen molar-refractivity contribution in [2.75, 3.05) is 19.7 Å². The maximum absolute atomic E-state index is 14.7. The molecule has 3 heterocycles. The Morgan fingerprint density at radius 2 is 1.90 bits per heavy atom. The zero-order valence-corrected chi connectivity index (χ0v) is 21.5. The second-order valence-electron chi connectivity index (χ2n) is 9.64. The summed E-state index contributed by atoms with van der Waals surface area (Å²) in [6.45, 7) is 1.54. The first-order chi connectivity index (χ1) is 19.0. The van der Waals surface area contributed by atoms with Crippen LogP contribution in [0.1, 0.15) is 34.4 Å². The van der Waals surface area contributed by atoms with E-state index in [1.807, 2.05) is 0 Å². The Hall–Kier alpha value is -4.23. The Morgan fingerprint density at radius 3 is 2.58 bits per heavy atom. The van der Waals surface area contributed by atoms with E-state index in [2.05, 4.69) is 4.98 Å². The molecule has 2 aromatic carbocycles. The van der Waals surface area contributed by atoms with Gasteiger partial charge in [0.2, 0.25) is 5.60 Å². The van der Waals surface area contributed by atoms with Gasteiger partial charge in [0.05, 0.1) is 23.6 Å². The molecule has 0 bridgehead atoms. The van der Waals surface area contributed by atoms with Crippen LogP contribution in [-0.4, -0.2) is 60.9 Å². The van der Waals surface area contributed by atoms with Gasteiger partial charge in [0, 0.05) is 61.7 Å². The highest BCUT2D eigenvalue weighted by Crippen LogP contribution is 2.44. The van der Waals surface area contributed by atoms with E-state index in [1.54, 1.807) is 41.8 Å². The van der Waals surface area contributed by atoms with Crippen LogP contribution >= 0.6 is 0 Å². The van der Waals surface area contributed by atoms with Gasteiger partial charge < -0.3 is 19.0 Å². The van der Waals surface area contributed by atoms with E-state index in [0.717, 1.165) is 11.6 Å². The predicted molar refractivity (Wildman–Crippen MR) is 138 cm³/mol. The van der Waals surface area contributed by atoms with Gasteiger partial charge in [-0.3, -0.25) is 15.0 Å². The number of non-ortho nitro benzene ring substituents is 1. The summed E-state index contributed by atoms with van der Waals surface area (Å²) in [5.41, 5.74) is -2.95. The average molecular weight is 558 g/mol. The molecule has 40 heavy (non-hydrogen) atoms. The molecule has 13 heteroatoms. The minimum absolute atomic E-state index is 0.0358. The second-order valence-corrected chi connectivity index (χ2v) is 9.64. The number of fused-ring (bicyclic) bond motifs is 2. The molecule has 0 aliphatic carbocycles. The Morgan fingerprint density at radius 1 is 1.15 bits per heavy atom. The van der Waals surface area contributed by atoms with Crippen molar-refractivity contribution in [2.24, 2.45) is 0 Å². The Labute approximate surface area is 226 Å². The Kier molecular flexibility index (Phi) is 7.10. The van der Waals surface area contributed by atoms with Gasteiger partial charge in [-0.1, -0.05) is 30.3 Å². The van der Waals surface area contributed by atoms with E-state index in [0.29, 0.717) is 5.82 Å². The topological polar surface area (TPSA) is 116 Å². The summed E-state index contributed by atoms with van der Waals surface area (Å²) in [5, 5.41) is 22.9. The van der Waals surface area contributed by atoms with Gasteiger partial charge >= 0.3 is 12.1 Å². The maximum Gasteiger partial charge on any atom is 0.422 e. The monoisotopic (exact) mass is 557 g/mol. The van der Waals surface area contributed by atoms with Crippen molar-refractivity contribution in [1.29, 1.82) is 0 Å². The number of β-amino-alcohol motifs (C(OH)–C–C–N with tert-alkyl or cyclic N) is 1. The van der Waals surface area contributed by atoms with E-state index in [1.165, 1.54) is 34.0 Å². The second kappa shape index (κ2) is 10.4. The normalized spacial score (nSPS) is 15.5. The van der Waals surface area contributed by atoms with Gasteiger partial charge in [0.1, 0.15) is 5.82 Å². The van der Waals surface area contributed by atoms with Gasteiger partial charge in [-0.05, 0) is 18.6 Å². The van der Waals surface area contributed by atoms with Gasteiger partial charge in [-0.25, -0.2) is 9.78 Å². The highest BCUT2D eigenvalue weighted by atomic mass is 19.4. The van der Waals surface area contributed by atoms with Crippen molar-refractivity contribution in [1.82, 2.24) is 19.0 Å². The predicted octanol–water partition coefficient (Wildman–Crippen LogP) is 4.24. The summed E-state index contributed by atoms with van der Waals surface area (Å²) in [7, 11) is 0. The van der Waals surface area contributed by atoms with E-state index < -0.39 is 34.8 Å². The van der Waals surface area contributed by atoms with E-state index in [4.69, 9.17) is 4.74 Å². The van der Waals surface area contributed by atoms with Crippen molar-refractivity contribution in [2.45, 2.75) is 38.3 Å². The van der Waals surface area contributed by atoms with Gasteiger partial charge in [-0.15, -0.1) is 0 Å². The average Bonchev–Trinajstić information content (AvgIpc) is 3.50. The number of rotatable bonds is 8. The summed E-state index contributed by atoms with van der Waals surface area (Å²) in [5.74, 6) is -0.246. The largest absolute Gasteiger partial charge is 0.461 e. The van der Waals surface area contributed by atoms with Crippen LogP contribution in [0.15, 0.2) is 60.9 Å². The van der Waals surface area contributed by atoms with Crippen LogP contribution in [0, 0.1) is 10.1 Å². The molecule has 1 atom stereocenters. The molecule has 0 saturated carbocycles. The minimum Gasteiger partial charge on any atom is -0.461 e. The fourth-order valence-corrected chi connectivity index (χ4v) is 5.03. The number of carbonyl (C=O) groups excluding carboxylic acids is 1. The quantitative estimate of drug-likeness (QED) is 0.196. The molecule has 1 aliphatic rings. The van der Waals surface area contributed by atoms with Crippen LogP contribution < -0.4 is 0 Å². The molecule has 1 N–H and O–H groups in total. The Bertz CT molecular complexity index is 1570. The first kappa shape index (κ1) is 27.3. The van der Waals surface area contributed by atoms with Crippen LogP contribution in [-0.2, 0) is 30.0 Å². The van der Waals surface area contributed by atoms with E-state index in [-0.39, 0.29) is 55.1 Å². The number of ether oxygens (including phenoxy) is 1. The Balaban J connectivity index is 1.53. The maximum atomic E-state index is 14.7. The van der Waals surface area contributed by atoms with E-state index >= 15 is 0 Å². The fraction of sp³-hybridized carbons (Fsp3) is 0.333. The lowest BCUT2D eigenvalue weighted by atomic mass is 9.91. The molecule has 2 aromatic heterocycles. The summed E-state index contributed by atoms with van der Waals surface area (Å²) in [6.07, 6.45) is -2.35. The highest BCUT2D eigenvalue weighted by Gasteiger charge is 2.57. The molecule has 5 rings (SSSR count). The third-order valence-corrected chi connectivity index (χ3v) is 7.01. The molecular formula is C27H26F3N5O5. The lowest BCUT2D eigenvalue weighted by Crippen LogP contribution is -2.52. The number of carbonyl (C=O) groups is 1. The molecule has 210 valence electrons. The summed E-state index contributed by atoms with van der Waals surface area (Å²) in [6, 6.07) is 12.5. The molecular weight excluding hydrogens is 531 g/mol. The lowest BCUT2D eigenvalue weighted by Gasteiger charge is -2.37. The molecule has 0 amide bonds. The van der Waals surface area contributed by atoms with Crippen LogP contribution in [0.25, 0.3) is 10.9 Å². The SMILES string of the molecule is CCOC(=O)c1cn2c(n1)CN(CC(O)(c1cn(Cc3ccccc3)c3cc([N+](=O)[O-])ccc13)C(F)(F)F)CC2. The number of esters is 1. The van der Waals surface area contributed by atoms with Crippen LogP contribution in [0.3, 0.4) is 0 Å². The number of halogens is 3. The molecule has 4 aromatic rings. The number of benzene rings is 2.